The highest BCUT2D eigenvalue weighted by atomic mass is 16.3. The largest absolute Gasteiger partial charge is 0.394 e. The lowest BCUT2D eigenvalue weighted by Crippen LogP contribution is -2.46. The van der Waals surface area contributed by atoms with Crippen molar-refractivity contribution in [3.8, 4) is 0 Å². The Labute approximate surface area is 105 Å². The lowest BCUT2D eigenvalue weighted by atomic mass is 10.1. The lowest BCUT2D eigenvalue weighted by molar-refractivity contribution is 0.0865. The molecule has 0 aliphatic carbocycles. The van der Waals surface area contributed by atoms with Gasteiger partial charge in [0.15, 0.2) is 0 Å². The van der Waals surface area contributed by atoms with Crippen LogP contribution in [0.3, 0.4) is 0 Å². The molecule has 5 nitrogen and oxygen atoms in total. The van der Waals surface area contributed by atoms with E-state index in [0.717, 1.165) is 11.2 Å². The average Bonchev–Trinajstić information content (AvgIpc) is 2.71. The molecule has 2 aromatic rings. The van der Waals surface area contributed by atoms with Crippen molar-refractivity contribution >= 4 is 11.6 Å². The summed E-state index contributed by atoms with van der Waals surface area (Å²) >= 11 is 0. The van der Waals surface area contributed by atoms with Crippen LogP contribution >= 0.6 is 0 Å². The van der Waals surface area contributed by atoms with E-state index in [9.17, 15) is 4.79 Å². The van der Waals surface area contributed by atoms with Crippen LogP contribution in [0.5, 0.6) is 0 Å². The quantitative estimate of drug-likeness (QED) is 0.854. The summed E-state index contributed by atoms with van der Waals surface area (Å²) in [4.78, 5) is 16.2. The van der Waals surface area contributed by atoms with Crippen LogP contribution in [0, 0.1) is 6.92 Å². The molecular formula is C13H17N3O2. The third-order valence-corrected chi connectivity index (χ3v) is 2.70. The van der Waals surface area contributed by atoms with Gasteiger partial charge in [0.2, 0.25) is 0 Å². The maximum atomic E-state index is 12.0. The molecule has 0 atom stereocenters. The molecule has 0 fully saturated rings. The molecule has 0 aromatic carbocycles. The third kappa shape index (κ3) is 2.51. The van der Waals surface area contributed by atoms with Gasteiger partial charge in [-0.05, 0) is 38.5 Å². The SMILES string of the molecule is Cc1ccn2cc(C(=O)NC(C)(C)CO)nc2c1. The predicted octanol–water partition coefficient (Wildman–Crippen LogP) is 1.14. The van der Waals surface area contributed by atoms with E-state index in [-0.39, 0.29) is 12.5 Å². The molecule has 0 aliphatic heterocycles. The number of carbonyl (C=O) groups excluding carboxylic acids is 1. The fraction of sp³-hybridized carbons (Fsp3) is 0.385. The Morgan fingerprint density at radius 2 is 2.28 bits per heavy atom. The number of hydrogen-bond donors (Lipinski definition) is 2. The maximum Gasteiger partial charge on any atom is 0.271 e. The number of fused-ring (bicyclic) bond motifs is 1. The van der Waals surface area contributed by atoms with Crippen LogP contribution in [0.15, 0.2) is 24.5 Å². The van der Waals surface area contributed by atoms with Crippen molar-refractivity contribution < 1.29 is 9.90 Å². The Morgan fingerprint density at radius 1 is 1.56 bits per heavy atom. The molecule has 2 aromatic heterocycles. The number of nitrogens with zero attached hydrogens (tertiary/aromatic N) is 2. The van der Waals surface area contributed by atoms with Crippen LogP contribution in [-0.4, -0.2) is 32.5 Å². The van der Waals surface area contributed by atoms with Crippen molar-refractivity contribution in [3.05, 3.63) is 35.8 Å². The number of rotatable bonds is 3. The van der Waals surface area contributed by atoms with Crippen LogP contribution in [0.4, 0.5) is 0 Å². The van der Waals surface area contributed by atoms with E-state index in [4.69, 9.17) is 5.11 Å². The van der Waals surface area contributed by atoms with Gasteiger partial charge in [-0.1, -0.05) is 0 Å². The second-order valence-corrected chi connectivity index (χ2v) is 5.09. The summed E-state index contributed by atoms with van der Waals surface area (Å²) in [6.45, 7) is 5.37. The molecule has 0 saturated carbocycles. The molecule has 0 bridgehead atoms. The topological polar surface area (TPSA) is 66.6 Å². The number of amides is 1. The number of nitrogens with one attached hydrogen (secondary N) is 1. The van der Waals surface area contributed by atoms with Crippen LogP contribution in [-0.2, 0) is 0 Å². The molecular weight excluding hydrogens is 230 g/mol. The highest BCUT2D eigenvalue weighted by Gasteiger charge is 2.21. The van der Waals surface area contributed by atoms with Crippen molar-refractivity contribution in [2.75, 3.05) is 6.61 Å². The number of aromatic nitrogens is 2. The molecule has 0 radical (unpaired) electrons. The zero-order valence-corrected chi connectivity index (χ0v) is 10.8. The molecule has 0 aliphatic rings. The van der Waals surface area contributed by atoms with Crippen molar-refractivity contribution in [3.63, 3.8) is 0 Å². The Balaban J connectivity index is 2.28. The zero-order valence-electron chi connectivity index (χ0n) is 10.8. The van der Waals surface area contributed by atoms with E-state index in [2.05, 4.69) is 10.3 Å². The number of aliphatic hydroxyl groups is 1. The van der Waals surface area contributed by atoms with Gasteiger partial charge in [0.05, 0.1) is 12.1 Å². The van der Waals surface area contributed by atoms with Gasteiger partial charge in [-0.15, -0.1) is 0 Å². The fourth-order valence-electron chi connectivity index (χ4n) is 1.60. The number of carbonyl (C=O) groups is 1. The van der Waals surface area contributed by atoms with Crippen molar-refractivity contribution in [1.82, 2.24) is 14.7 Å². The molecule has 18 heavy (non-hydrogen) atoms. The second kappa shape index (κ2) is 4.42. The summed E-state index contributed by atoms with van der Waals surface area (Å²) in [6, 6.07) is 3.86. The normalized spacial score (nSPS) is 11.8. The van der Waals surface area contributed by atoms with Gasteiger partial charge in [0.1, 0.15) is 11.3 Å². The zero-order chi connectivity index (χ0) is 13.3. The molecule has 2 rings (SSSR count). The minimum absolute atomic E-state index is 0.120. The standard InChI is InChI=1S/C13H17N3O2/c1-9-4-5-16-7-10(14-11(16)6-9)12(18)15-13(2,3)8-17/h4-7,17H,8H2,1-3H3,(H,15,18). The van der Waals surface area contributed by atoms with Crippen LogP contribution in [0.1, 0.15) is 29.9 Å². The summed E-state index contributed by atoms with van der Waals surface area (Å²) in [6.07, 6.45) is 3.54. The summed E-state index contributed by atoms with van der Waals surface area (Å²) in [7, 11) is 0. The summed E-state index contributed by atoms with van der Waals surface area (Å²) in [5.41, 5.74) is 1.53. The molecule has 2 N–H and O–H groups in total. The summed E-state index contributed by atoms with van der Waals surface area (Å²) < 4.78 is 1.80. The van der Waals surface area contributed by atoms with Crippen molar-refractivity contribution in [2.45, 2.75) is 26.3 Å². The number of aryl methyl sites for hydroxylation is 1. The van der Waals surface area contributed by atoms with Crippen molar-refractivity contribution in [2.24, 2.45) is 0 Å². The number of hydrogen-bond acceptors (Lipinski definition) is 3. The van der Waals surface area contributed by atoms with E-state index in [1.54, 1.807) is 24.4 Å². The Kier molecular flexibility index (Phi) is 3.09. The number of imidazole rings is 1. The summed E-state index contributed by atoms with van der Waals surface area (Å²) in [5.74, 6) is -0.282. The van der Waals surface area contributed by atoms with E-state index in [1.807, 2.05) is 25.3 Å². The first-order valence-electron chi connectivity index (χ1n) is 5.80. The Bertz CT molecular complexity index is 587. The van der Waals surface area contributed by atoms with Gasteiger partial charge < -0.3 is 14.8 Å². The van der Waals surface area contributed by atoms with Gasteiger partial charge in [0.25, 0.3) is 5.91 Å². The first kappa shape index (κ1) is 12.6. The Morgan fingerprint density at radius 3 is 2.94 bits per heavy atom. The molecule has 1 amide bonds. The first-order chi connectivity index (χ1) is 8.41. The first-order valence-corrected chi connectivity index (χ1v) is 5.80. The van der Waals surface area contributed by atoms with Gasteiger partial charge >= 0.3 is 0 Å². The monoisotopic (exact) mass is 247 g/mol. The van der Waals surface area contributed by atoms with Crippen molar-refractivity contribution in [1.29, 1.82) is 0 Å². The second-order valence-electron chi connectivity index (χ2n) is 5.09. The molecule has 0 saturated heterocycles. The Hall–Kier alpha value is -1.88. The van der Waals surface area contributed by atoms with E-state index in [0.29, 0.717) is 5.69 Å². The van der Waals surface area contributed by atoms with E-state index >= 15 is 0 Å². The smallest absolute Gasteiger partial charge is 0.271 e. The molecule has 2 heterocycles. The van der Waals surface area contributed by atoms with Crippen LogP contribution < -0.4 is 5.32 Å². The highest BCUT2D eigenvalue weighted by molar-refractivity contribution is 5.93. The highest BCUT2D eigenvalue weighted by Crippen LogP contribution is 2.09. The summed E-state index contributed by atoms with van der Waals surface area (Å²) in [5, 5.41) is 11.9. The van der Waals surface area contributed by atoms with Gasteiger partial charge in [-0.3, -0.25) is 4.79 Å². The number of aliphatic hydroxyl groups excluding tert-OH is 1. The van der Waals surface area contributed by atoms with Crippen LogP contribution in [0.2, 0.25) is 0 Å². The maximum absolute atomic E-state index is 12.0. The third-order valence-electron chi connectivity index (χ3n) is 2.70. The average molecular weight is 247 g/mol. The molecule has 96 valence electrons. The molecule has 0 unspecified atom stereocenters. The van der Waals surface area contributed by atoms with Gasteiger partial charge in [-0.25, -0.2) is 4.98 Å². The minimum atomic E-state index is -0.650. The fourth-order valence-corrected chi connectivity index (χ4v) is 1.60. The van der Waals surface area contributed by atoms with Crippen LogP contribution in [0.25, 0.3) is 5.65 Å². The van der Waals surface area contributed by atoms with Gasteiger partial charge in [-0.2, -0.15) is 0 Å². The molecule has 0 spiro atoms. The predicted molar refractivity (Wildman–Crippen MR) is 68.6 cm³/mol. The minimum Gasteiger partial charge on any atom is -0.394 e. The number of pyridine rings is 1. The van der Waals surface area contributed by atoms with E-state index in [1.165, 1.54) is 0 Å². The van der Waals surface area contributed by atoms with Gasteiger partial charge in [0, 0.05) is 12.4 Å². The molecule has 5 heteroatoms. The van der Waals surface area contributed by atoms with E-state index < -0.39 is 5.54 Å². The lowest BCUT2D eigenvalue weighted by Gasteiger charge is -2.22.